The smallest absolute Gasteiger partial charge is 0.126 e. The van der Waals surface area contributed by atoms with E-state index in [2.05, 4.69) is 20.9 Å². The van der Waals surface area contributed by atoms with Crippen LogP contribution in [0, 0.1) is 6.92 Å². The summed E-state index contributed by atoms with van der Waals surface area (Å²) in [7, 11) is 0. The molecular formula is C10H9BrN2. The first-order valence-corrected chi connectivity index (χ1v) is 4.78. The summed E-state index contributed by atoms with van der Waals surface area (Å²) in [5.74, 6) is 0.606. The molecule has 2 nitrogen and oxygen atoms in total. The standard InChI is InChI=1S/C10H9BrN2/c1-6-9-3-2-8(11)4-7(9)5-13-10(6)12/h2-5H,1H3,(H2,12,13). The molecule has 13 heavy (non-hydrogen) atoms. The molecule has 2 aromatic rings. The molecule has 2 rings (SSSR count). The van der Waals surface area contributed by atoms with E-state index >= 15 is 0 Å². The average molecular weight is 237 g/mol. The number of hydrogen-bond acceptors (Lipinski definition) is 2. The Hall–Kier alpha value is -1.09. The summed E-state index contributed by atoms with van der Waals surface area (Å²) in [5, 5.41) is 2.27. The second-order valence-corrected chi connectivity index (χ2v) is 3.92. The van der Waals surface area contributed by atoms with Crippen LogP contribution in [-0.4, -0.2) is 4.98 Å². The predicted octanol–water partition coefficient (Wildman–Crippen LogP) is 2.89. The number of hydrogen-bond donors (Lipinski definition) is 1. The minimum absolute atomic E-state index is 0.606. The third kappa shape index (κ3) is 1.40. The molecule has 2 N–H and O–H groups in total. The Morgan fingerprint density at radius 2 is 2.15 bits per heavy atom. The number of nitrogen functional groups attached to an aromatic ring is 1. The Labute approximate surface area is 84.9 Å². The first-order valence-electron chi connectivity index (χ1n) is 3.99. The highest BCUT2D eigenvalue weighted by Gasteiger charge is 2.01. The van der Waals surface area contributed by atoms with Gasteiger partial charge in [-0.15, -0.1) is 0 Å². The molecule has 1 aromatic carbocycles. The van der Waals surface area contributed by atoms with Crippen LogP contribution in [0.3, 0.4) is 0 Å². The Bertz CT molecular complexity index is 466. The molecule has 0 spiro atoms. The molecule has 0 saturated carbocycles. The van der Waals surface area contributed by atoms with Crippen LogP contribution in [0.5, 0.6) is 0 Å². The van der Waals surface area contributed by atoms with Gasteiger partial charge in [-0.25, -0.2) is 4.98 Å². The van der Waals surface area contributed by atoms with E-state index in [1.807, 2.05) is 25.1 Å². The number of aryl methyl sites for hydroxylation is 1. The largest absolute Gasteiger partial charge is 0.383 e. The molecule has 1 heterocycles. The van der Waals surface area contributed by atoms with Gasteiger partial charge in [-0.3, -0.25) is 0 Å². The summed E-state index contributed by atoms with van der Waals surface area (Å²) in [5.41, 5.74) is 6.75. The lowest BCUT2D eigenvalue weighted by Gasteiger charge is -2.04. The van der Waals surface area contributed by atoms with E-state index < -0.39 is 0 Å². The highest BCUT2D eigenvalue weighted by molar-refractivity contribution is 9.10. The summed E-state index contributed by atoms with van der Waals surface area (Å²) >= 11 is 3.42. The van der Waals surface area contributed by atoms with Crippen LogP contribution in [0.2, 0.25) is 0 Å². The van der Waals surface area contributed by atoms with Gasteiger partial charge in [0.05, 0.1) is 0 Å². The van der Waals surface area contributed by atoms with E-state index in [0.29, 0.717) is 5.82 Å². The second kappa shape index (κ2) is 3.00. The van der Waals surface area contributed by atoms with Crippen LogP contribution < -0.4 is 5.73 Å². The topological polar surface area (TPSA) is 38.9 Å². The summed E-state index contributed by atoms with van der Waals surface area (Å²) in [4.78, 5) is 4.10. The number of pyridine rings is 1. The van der Waals surface area contributed by atoms with Gasteiger partial charge in [0.25, 0.3) is 0 Å². The maximum Gasteiger partial charge on any atom is 0.126 e. The Morgan fingerprint density at radius 1 is 1.38 bits per heavy atom. The van der Waals surface area contributed by atoms with Gasteiger partial charge in [0, 0.05) is 16.1 Å². The Balaban J connectivity index is 2.87. The molecule has 0 unspecified atom stereocenters. The maximum atomic E-state index is 5.70. The van der Waals surface area contributed by atoms with E-state index in [9.17, 15) is 0 Å². The van der Waals surface area contributed by atoms with Crippen LogP contribution in [0.1, 0.15) is 5.56 Å². The monoisotopic (exact) mass is 236 g/mol. The first kappa shape index (κ1) is 8.51. The molecule has 1 aromatic heterocycles. The van der Waals surface area contributed by atoms with Gasteiger partial charge < -0.3 is 5.73 Å². The van der Waals surface area contributed by atoms with Gasteiger partial charge >= 0.3 is 0 Å². The first-order chi connectivity index (χ1) is 6.18. The zero-order valence-electron chi connectivity index (χ0n) is 7.21. The summed E-state index contributed by atoms with van der Waals surface area (Å²) in [6.45, 7) is 1.98. The van der Waals surface area contributed by atoms with Crippen molar-refractivity contribution in [1.82, 2.24) is 4.98 Å². The third-order valence-corrected chi connectivity index (χ3v) is 2.64. The van der Waals surface area contributed by atoms with Crippen molar-refractivity contribution in [1.29, 1.82) is 0 Å². The number of anilines is 1. The van der Waals surface area contributed by atoms with Crippen molar-refractivity contribution in [2.75, 3.05) is 5.73 Å². The fourth-order valence-electron chi connectivity index (χ4n) is 1.36. The normalized spacial score (nSPS) is 10.6. The van der Waals surface area contributed by atoms with Gasteiger partial charge in [0.1, 0.15) is 5.82 Å². The number of nitrogens with two attached hydrogens (primary N) is 1. The molecule has 0 bridgehead atoms. The van der Waals surface area contributed by atoms with Crippen molar-refractivity contribution in [2.45, 2.75) is 6.92 Å². The average Bonchev–Trinajstić information content (AvgIpc) is 2.12. The third-order valence-electron chi connectivity index (χ3n) is 2.14. The van der Waals surface area contributed by atoms with E-state index in [0.717, 1.165) is 20.8 Å². The van der Waals surface area contributed by atoms with Crippen molar-refractivity contribution in [3.8, 4) is 0 Å². The molecule has 0 aliphatic carbocycles. The van der Waals surface area contributed by atoms with Gasteiger partial charge in [0.2, 0.25) is 0 Å². The van der Waals surface area contributed by atoms with Crippen LogP contribution in [-0.2, 0) is 0 Å². The van der Waals surface area contributed by atoms with Crippen LogP contribution >= 0.6 is 15.9 Å². The summed E-state index contributed by atoms with van der Waals surface area (Å²) in [6.07, 6.45) is 1.79. The number of halogens is 1. The molecule has 0 aliphatic rings. The van der Waals surface area contributed by atoms with Crippen LogP contribution in [0.4, 0.5) is 5.82 Å². The maximum absolute atomic E-state index is 5.70. The van der Waals surface area contributed by atoms with Gasteiger partial charge in [0.15, 0.2) is 0 Å². The summed E-state index contributed by atoms with van der Waals surface area (Å²) in [6, 6.07) is 6.09. The van der Waals surface area contributed by atoms with Gasteiger partial charge in [-0.05, 0) is 30.0 Å². The van der Waals surface area contributed by atoms with Gasteiger partial charge in [-0.2, -0.15) is 0 Å². The van der Waals surface area contributed by atoms with Crippen molar-refractivity contribution in [3.05, 3.63) is 34.4 Å². The van der Waals surface area contributed by atoms with Crippen LogP contribution in [0.25, 0.3) is 10.8 Å². The van der Waals surface area contributed by atoms with E-state index in [-0.39, 0.29) is 0 Å². The minimum Gasteiger partial charge on any atom is -0.383 e. The van der Waals surface area contributed by atoms with Crippen molar-refractivity contribution >= 4 is 32.5 Å². The molecule has 0 fully saturated rings. The molecule has 66 valence electrons. The minimum atomic E-state index is 0.606. The van der Waals surface area contributed by atoms with Crippen molar-refractivity contribution < 1.29 is 0 Å². The number of nitrogens with zero attached hydrogens (tertiary/aromatic N) is 1. The Morgan fingerprint density at radius 3 is 2.92 bits per heavy atom. The van der Waals surface area contributed by atoms with Crippen LogP contribution in [0.15, 0.2) is 28.9 Å². The van der Waals surface area contributed by atoms with Crippen molar-refractivity contribution in [3.63, 3.8) is 0 Å². The summed E-state index contributed by atoms with van der Waals surface area (Å²) < 4.78 is 1.06. The highest BCUT2D eigenvalue weighted by atomic mass is 79.9. The van der Waals surface area contributed by atoms with Crippen molar-refractivity contribution in [2.24, 2.45) is 0 Å². The number of aromatic nitrogens is 1. The number of rotatable bonds is 0. The van der Waals surface area contributed by atoms with Gasteiger partial charge in [-0.1, -0.05) is 22.0 Å². The molecule has 0 saturated heterocycles. The molecule has 0 atom stereocenters. The lowest BCUT2D eigenvalue weighted by atomic mass is 10.1. The quantitative estimate of drug-likeness (QED) is 0.765. The van der Waals surface area contributed by atoms with E-state index in [4.69, 9.17) is 5.73 Å². The molecule has 0 aliphatic heterocycles. The molecule has 0 radical (unpaired) electrons. The molecule has 0 amide bonds. The highest BCUT2D eigenvalue weighted by Crippen LogP contribution is 2.24. The number of benzene rings is 1. The Kier molecular flexibility index (Phi) is 1.96. The van der Waals surface area contributed by atoms with E-state index in [1.165, 1.54) is 0 Å². The lowest BCUT2D eigenvalue weighted by molar-refractivity contribution is 1.32. The number of fused-ring (bicyclic) bond motifs is 1. The molecular weight excluding hydrogens is 228 g/mol. The fourth-order valence-corrected chi connectivity index (χ4v) is 1.73. The van der Waals surface area contributed by atoms with E-state index in [1.54, 1.807) is 6.20 Å². The zero-order valence-corrected chi connectivity index (χ0v) is 8.80. The fraction of sp³-hybridized carbons (Fsp3) is 0.100. The predicted molar refractivity (Wildman–Crippen MR) is 58.6 cm³/mol. The zero-order chi connectivity index (χ0) is 9.42. The SMILES string of the molecule is Cc1c(N)ncc2cc(Br)ccc12. The molecule has 3 heteroatoms. The second-order valence-electron chi connectivity index (χ2n) is 3.00. The lowest BCUT2D eigenvalue weighted by Crippen LogP contribution is -1.93.